The van der Waals surface area contributed by atoms with Crippen molar-refractivity contribution in [2.45, 2.75) is 63.3 Å². The van der Waals surface area contributed by atoms with Gasteiger partial charge in [0.05, 0.1) is 12.3 Å². The first-order valence-electron chi connectivity index (χ1n) is 11.8. The van der Waals surface area contributed by atoms with Crippen molar-refractivity contribution < 1.29 is 14.6 Å². The van der Waals surface area contributed by atoms with Crippen molar-refractivity contribution in [3.8, 4) is 0 Å². The van der Waals surface area contributed by atoms with Gasteiger partial charge in [0.2, 0.25) is 15.9 Å². The molecule has 3 aliphatic rings. The topological polar surface area (TPSA) is 69.7 Å². The molecular formula is C24H39N3O3S. The van der Waals surface area contributed by atoms with Crippen molar-refractivity contribution in [3.63, 3.8) is 0 Å². The Kier molecular flexibility index (Phi) is 6.75. The minimum atomic E-state index is -3.07. The third-order valence-corrected chi connectivity index (χ3v) is 9.08. The summed E-state index contributed by atoms with van der Waals surface area (Å²) >= 11 is 0. The summed E-state index contributed by atoms with van der Waals surface area (Å²) in [6.07, 6.45) is 9.01. The molecule has 1 aromatic carbocycles. The van der Waals surface area contributed by atoms with Gasteiger partial charge < -0.3 is 10.2 Å². The molecule has 174 valence electrons. The molecule has 0 saturated carbocycles. The molecule has 2 fully saturated rings. The van der Waals surface area contributed by atoms with Crippen LogP contribution in [0, 0.1) is 5.92 Å². The van der Waals surface area contributed by atoms with Gasteiger partial charge in [0.15, 0.2) is 0 Å². The number of amides is 1. The number of fused-ring (bicyclic) bond motifs is 2. The maximum atomic E-state index is 11.9. The molecule has 2 unspecified atom stereocenters. The summed E-state index contributed by atoms with van der Waals surface area (Å²) in [5.41, 5.74) is 2.98. The molecule has 2 atom stereocenters. The van der Waals surface area contributed by atoms with Crippen molar-refractivity contribution in [2.75, 3.05) is 39.0 Å². The second kappa shape index (κ2) is 9.20. The van der Waals surface area contributed by atoms with Crippen molar-refractivity contribution in [1.82, 2.24) is 14.5 Å². The van der Waals surface area contributed by atoms with Crippen LogP contribution in [-0.4, -0.2) is 62.5 Å². The zero-order valence-electron chi connectivity index (χ0n) is 19.0. The highest BCUT2D eigenvalue weighted by molar-refractivity contribution is 7.88. The van der Waals surface area contributed by atoms with Gasteiger partial charge in [-0.1, -0.05) is 24.3 Å². The van der Waals surface area contributed by atoms with Crippen LogP contribution in [0.3, 0.4) is 0 Å². The van der Waals surface area contributed by atoms with Crippen molar-refractivity contribution in [3.05, 3.63) is 35.4 Å². The summed E-state index contributed by atoms with van der Waals surface area (Å²) < 4.78 is 25.4. The molecule has 1 aliphatic carbocycles. The first-order valence-corrected chi connectivity index (χ1v) is 13.7. The van der Waals surface area contributed by atoms with Gasteiger partial charge in [0.1, 0.15) is 0 Å². The Morgan fingerprint density at radius 1 is 1.16 bits per heavy atom. The van der Waals surface area contributed by atoms with Crippen LogP contribution in [0.5, 0.6) is 0 Å². The lowest BCUT2D eigenvalue weighted by Gasteiger charge is -2.47. The average Bonchev–Trinajstić information content (AvgIpc) is 2.75. The zero-order valence-corrected chi connectivity index (χ0v) is 19.8. The summed E-state index contributed by atoms with van der Waals surface area (Å²) in [6, 6.07) is 8.84. The fourth-order valence-electron chi connectivity index (χ4n) is 6.04. The molecule has 0 bridgehead atoms. The van der Waals surface area contributed by atoms with E-state index < -0.39 is 10.0 Å². The normalized spacial score (nSPS) is 27.0. The lowest BCUT2D eigenvalue weighted by Crippen LogP contribution is -2.47. The molecule has 1 aromatic rings. The average molecular weight is 450 g/mol. The Morgan fingerprint density at radius 3 is 2.61 bits per heavy atom. The van der Waals surface area contributed by atoms with Gasteiger partial charge in [-0.05, 0) is 87.0 Å². The van der Waals surface area contributed by atoms with Gasteiger partial charge in [-0.15, -0.1) is 0 Å². The summed E-state index contributed by atoms with van der Waals surface area (Å²) in [4.78, 5) is 14.2. The van der Waals surface area contributed by atoms with E-state index >= 15 is 0 Å². The van der Waals surface area contributed by atoms with Crippen molar-refractivity contribution in [2.24, 2.45) is 5.92 Å². The van der Waals surface area contributed by atoms with E-state index in [1.807, 2.05) is 0 Å². The Morgan fingerprint density at radius 2 is 1.90 bits per heavy atom. The molecule has 7 heteroatoms. The number of carbonyl (C=O) groups is 1. The van der Waals surface area contributed by atoms with Crippen LogP contribution in [0.25, 0.3) is 0 Å². The van der Waals surface area contributed by atoms with Gasteiger partial charge >= 0.3 is 0 Å². The molecule has 2 saturated heterocycles. The lowest BCUT2D eigenvalue weighted by molar-refractivity contribution is -0.119. The Bertz CT molecular complexity index is 900. The number of benzene rings is 1. The van der Waals surface area contributed by atoms with Crippen LogP contribution in [0.4, 0.5) is 0 Å². The highest BCUT2D eigenvalue weighted by atomic mass is 32.2. The third kappa shape index (κ3) is 5.15. The van der Waals surface area contributed by atoms with E-state index in [0.717, 1.165) is 64.6 Å². The number of rotatable bonds is 5. The smallest absolute Gasteiger partial charge is 0.217 e. The van der Waals surface area contributed by atoms with Gasteiger partial charge in [0.25, 0.3) is 0 Å². The van der Waals surface area contributed by atoms with Gasteiger partial charge in [-0.2, -0.15) is 0 Å². The van der Waals surface area contributed by atoms with Crippen LogP contribution >= 0.6 is 0 Å². The molecule has 31 heavy (non-hydrogen) atoms. The monoisotopic (exact) mass is 449 g/mol. The number of nitrogens with zero attached hydrogens (tertiary/aromatic N) is 2. The molecule has 6 nitrogen and oxygen atoms in total. The SMILES string of the molecule is CC(=O)NC1CCC2(CCN(CCC3CCCN(S(C)(=O)=O)C3)CC2)c2ccccc21.[HH]. The van der Waals surface area contributed by atoms with Crippen LogP contribution in [0.1, 0.15) is 70.5 Å². The maximum Gasteiger partial charge on any atom is 0.217 e. The van der Waals surface area contributed by atoms with E-state index in [2.05, 4.69) is 34.5 Å². The first-order chi connectivity index (χ1) is 14.8. The van der Waals surface area contributed by atoms with Gasteiger partial charge in [0, 0.05) is 21.4 Å². The molecule has 1 spiro atoms. The predicted molar refractivity (Wildman–Crippen MR) is 125 cm³/mol. The van der Waals surface area contributed by atoms with E-state index in [1.165, 1.54) is 17.4 Å². The standard InChI is InChI=1S/C24H37N3O3S.H2/c1-19(28)25-23-9-11-24(22-8-4-3-7-21(22)23)12-16-26(17-13-24)15-10-20-6-5-14-27(18-20)31(2,29)30;/h3-4,7-8,20,23H,5-6,9-18H2,1-2H3,(H,25,28);1H. The molecular weight excluding hydrogens is 410 g/mol. The molecule has 1 N–H and O–H groups in total. The summed E-state index contributed by atoms with van der Waals surface area (Å²) in [7, 11) is -3.07. The van der Waals surface area contributed by atoms with E-state index in [-0.39, 0.29) is 18.8 Å². The number of sulfonamides is 1. The number of carbonyl (C=O) groups excluding carboxylic acids is 1. The second-order valence-corrected chi connectivity index (χ2v) is 11.9. The quantitative estimate of drug-likeness (QED) is 0.749. The van der Waals surface area contributed by atoms with Crippen molar-refractivity contribution in [1.29, 1.82) is 0 Å². The Hall–Kier alpha value is -1.44. The van der Waals surface area contributed by atoms with Crippen LogP contribution in [0.15, 0.2) is 24.3 Å². The molecule has 4 rings (SSSR count). The molecule has 0 radical (unpaired) electrons. The molecule has 0 aromatic heterocycles. The van der Waals surface area contributed by atoms with Crippen LogP contribution < -0.4 is 5.32 Å². The minimum absolute atomic E-state index is 0. The number of likely N-dealkylation sites (tertiary alicyclic amines) is 1. The number of nitrogens with one attached hydrogen (secondary N) is 1. The lowest BCUT2D eigenvalue weighted by atomic mass is 9.63. The van der Waals surface area contributed by atoms with Crippen LogP contribution in [-0.2, 0) is 20.2 Å². The van der Waals surface area contributed by atoms with Crippen LogP contribution in [0.2, 0.25) is 0 Å². The summed E-state index contributed by atoms with van der Waals surface area (Å²) in [5.74, 6) is 0.524. The Balaban J connectivity index is 0.00000289. The van der Waals surface area contributed by atoms with E-state index in [0.29, 0.717) is 19.0 Å². The largest absolute Gasteiger partial charge is 0.350 e. The number of piperidine rings is 2. The summed E-state index contributed by atoms with van der Waals surface area (Å²) in [6.45, 7) is 6.24. The van der Waals surface area contributed by atoms with E-state index in [9.17, 15) is 13.2 Å². The van der Waals surface area contributed by atoms with Gasteiger partial charge in [-0.3, -0.25) is 4.79 Å². The second-order valence-electron chi connectivity index (χ2n) is 9.92. The predicted octanol–water partition coefficient (Wildman–Crippen LogP) is 3.30. The summed E-state index contributed by atoms with van der Waals surface area (Å²) in [5, 5.41) is 3.14. The fourth-order valence-corrected chi connectivity index (χ4v) is 6.99. The van der Waals surface area contributed by atoms with E-state index in [4.69, 9.17) is 0 Å². The molecule has 2 heterocycles. The maximum absolute atomic E-state index is 11.9. The molecule has 2 aliphatic heterocycles. The van der Waals surface area contributed by atoms with Crippen molar-refractivity contribution >= 4 is 15.9 Å². The first kappa shape index (κ1) is 22.7. The minimum Gasteiger partial charge on any atom is -0.350 e. The van der Waals surface area contributed by atoms with Gasteiger partial charge in [-0.25, -0.2) is 12.7 Å². The van der Waals surface area contributed by atoms with E-state index in [1.54, 1.807) is 11.2 Å². The fraction of sp³-hybridized carbons (Fsp3) is 0.708. The third-order valence-electron chi connectivity index (χ3n) is 7.81. The number of hydrogen-bond donors (Lipinski definition) is 1. The highest BCUT2D eigenvalue weighted by Crippen LogP contribution is 2.47. The molecule has 1 amide bonds. The number of hydrogen-bond acceptors (Lipinski definition) is 4. The zero-order chi connectivity index (χ0) is 22.1. The Labute approximate surface area is 188 Å². The highest BCUT2D eigenvalue weighted by Gasteiger charge is 2.42.